The van der Waals surface area contributed by atoms with Crippen LogP contribution in [0.3, 0.4) is 0 Å². The van der Waals surface area contributed by atoms with E-state index in [-0.39, 0.29) is 0 Å². The fourth-order valence-corrected chi connectivity index (χ4v) is 3.56. The summed E-state index contributed by atoms with van der Waals surface area (Å²) in [7, 11) is 0. The summed E-state index contributed by atoms with van der Waals surface area (Å²) in [6.45, 7) is 6.67. The quantitative estimate of drug-likeness (QED) is 0.921. The van der Waals surface area contributed by atoms with E-state index in [2.05, 4.69) is 16.8 Å². The molecule has 0 spiro atoms. The minimum Gasteiger partial charge on any atom is -0.481 e. The molecule has 1 unspecified atom stereocenters. The van der Waals surface area contributed by atoms with Crippen molar-refractivity contribution in [3.63, 3.8) is 0 Å². The number of piperidine rings is 1. The molecule has 2 rings (SSSR count). The van der Waals surface area contributed by atoms with Gasteiger partial charge in [-0.25, -0.2) is 4.98 Å². The first kappa shape index (κ1) is 14.3. The zero-order valence-corrected chi connectivity index (χ0v) is 12.7. The molecule has 1 aromatic heterocycles. The summed E-state index contributed by atoms with van der Waals surface area (Å²) in [5.74, 6) is -0.824. The number of carbonyl (C=O) groups is 1. The number of thiazole rings is 1. The molecule has 0 aromatic carbocycles. The van der Waals surface area contributed by atoms with Gasteiger partial charge in [0.05, 0.1) is 5.69 Å². The highest BCUT2D eigenvalue weighted by atomic mass is 32.1. The van der Waals surface area contributed by atoms with E-state index in [1.807, 2.05) is 5.38 Å². The lowest BCUT2D eigenvalue weighted by Gasteiger charge is -2.35. The number of carboxylic acid groups (broad SMARTS) is 1. The monoisotopic (exact) mass is 282 g/mol. The second-order valence-corrected chi connectivity index (χ2v) is 6.53. The third kappa shape index (κ3) is 2.76. The van der Waals surface area contributed by atoms with Crippen LogP contribution in [0.25, 0.3) is 0 Å². The number of aliphatic carboxylic acids is 1. The van der Waals surface area contributed by atoms with E-state index in [0.717, 1.165) is 18.1 Å². The molecular weight excluding hydrogens is 260 g/mol. The standard InChI is InChI=1S/C14H22N2O2S/c1-4-10-7-5-6-8-16(10)13-15-11(9-19-13)14(2,3)12(17)18/h9-10H,4-8H2,1-3H3,(H,17,18). The van der Waals surface area contributed by atoms with Crippen LogP contribution in [-0.2, 0) is 10.2 Å². The van der Waals surface area contributed by atoms with Gasteiger partial charge in [0, 0.05) is 18.0 Å². The molecule has 106 valence electrons. The number of anilines is 1. The smallest absolute Gasteiger partial charge is 0.315 e. The normalized spacial score (nSPS) is 20.6. The van der Waals surface area contributed by atoms with Gasteiger partial charge in [-0.1, -0.05) is 6.92 Å². The molecule has 0 radical (unpaired) electrons. The predicted octanol–water partition coefficient (Wildman–Crippen LogP) is 3.27. The van der Waals surface area contributed by atoms with Crippen molar-refractivity contribution in [1.29, 1.82) is 0 Å². The van der Waals surface area contributed by atoms with Gasteiger partial charge in [0.15, 0.2) is 5.13 Å². The number of carboxylic acids is 1. The Labute approximate surface area is 118 Å². The van der Waals surface area contributed by atoms with Crippen molar-refractivity contribution in [1.82, 2.24) is 4.98 Å². The first-order chi connectivity index (χ1) is 8.96. The van der Waals surface area contributed by atoms with Crippen LogP contribution < -0.4 is 4.90 Å². The minimum absolute atomic E-state index is 0.556. The third-order valence-corrected chi connectivity index (χ3v) is 4.89. The summed E-state index contributed by atoms with van der Waals surface area (Å²) < 4.78 is 0. The summed E-state index contributed by atoms with van der Waals surface area (Å²) >= 11 is 1.57. The van der Waals surface area contributed by atoms with Gasteiger partial charge in [-0.15, -0.1) is 11.3 Å². The molecule has 19 heavy (non-hydrogen) atoms. The third-order valence-electron chi connectivity index (χ3n) is 4.01. The van der Waals surface area contributed by atoms with Gasteiger partial charge in [-0.3, -0.25) is 4.79 Å². The summed E-state index contributed by atoms with van der Waals surface area (Å²) in [6, 6.07) is 0.556. The van der Waals surface area contributed by atoms with Crippen LogP contribution in [0.5, 0.6) is 0 Å². The van der Waals surface area contributed by atoms with Crippen molar-refractivity contribution < 1.29 is 9.90 Å². The van der Waals surface area contributed by atoms with E-state index in [9.17, 15) is 9.90 Å². The molecule has 0 amide bonds. The van der Waals surface area contributed by atoms with Gasteiger partial charge >= 0.3 is 5.97 Å². The highest BCUT2D eigenvalue weighted by Crippen LogP contribution is 2.33. The maximum Gasteiger partial charge on any atom is 0.315 e. The number of hydrogen-bond donors (Lipinski definition) is 1. The van der Waals surface area contributed by atoms with Crippen LogP contribution >= 0.6 is 11.3 Å². The molecule has 5 heteroatoms. The van der Waals surface area contributed by atoms with Gasteiger partial charge in [0.25, 0.3) is 0 Å². The van der Waals surface area contributed by atoms with Crippen LogP contribution in [0.4, 0.5) is 5.13 Å². The average Bonchev–Trinajstić information content (AvgIpc) is 2.88. The Hall–Kier alpha value is -1.10. The molecule has 1 aromatic rings. The first-order valence-electron chi connectivity index (χ1n) is 6.93. The molecule has 1 saturated heterocycles. The van der Waals surface area contributed by atoms with Crippen LogP contribution in [0.1, 0.15) is 52.1 Å². The van der Waals surface area contributed by atoms with E-state index in [4.69, 9.17) is 0 Å². The largest absolute Gasteiger partial charge is 0.481 e. The van der Waals surface area contributed by atoms with Gasteiger partial charge in [-0.05, 0) is 39.5 Å². The van der Waals surface area contributed by atoms with Gasteiger partial charge < -0.3 is 10.0 Å². The molecular formula is C14H22N2O2S. The fraction of sp³-hybridized carbons (Fsp3) is 0.714. The minimum atomic E-state index is -0.910. The molecule has 1 aliphatic rings. The SMILES string of the molecule is CCC1CCCCN1c1nc(C(C)(C)C(=O)O)cs1. The van der Waals surface area contributed by atoms with E-state index < -0.39 is 11.4 Å². The molecule has 4 nitrogen and oxygen atoms in total. The molecule has 0 bridgehead atoms. The van der Waals surface area contributed by atoms with Crippen LogP contribution in [0, 0.1) is 0 Å². The summed E-state index contributed by atoms with van der Waals surface area (Å²) in [5.41, 5.74) is -0.243. The van der Waals surface area contributed by atoms with E-state index in [1.165, 1.54) is 19.3 Å². The molecule has 0 aliphatic carbocycles. The Bertz CT molecular complexity index is 456. The van der Waals surface area contributed by atoms with Crippen molar-refractivity contribution in [2.75, 3.05) is 11.4 Å². The van der Waals surface area contributed by atoms with Crippen molar-refractivity contribution in [3.05, 3.63) is 11.1 Å². The van der Waals surface area contributed by atoms with Crippen molar-refractivity contribution in [2.45, 2.75) is 57.9 Å². The maximum absolute atomic E-state index is 11.3. The maximum atomic E-state index is 11.3. The van der Waals surface area contributed by atoms with E-state index >= 15 is 0 Å². The van der Waals surface area contributed by atoms with E-state index in [0.29, 0.717) is 11.7 Å². The number of aromatic nitrogens is 1. The predicted molar refractivity (Wildman–Crippen MR) is 78.1 cm³/mol. The first-order valence-corrected chi connectivity index (χ1v) is 7.80. The topological polar surface area (TPSA) is 53.4 Å². The van der Waals surface area contributed by atoms with Crippen LogP contribution in [0.15, 0.2) is 5.38 Å². The Morgan fingerprint density at radius 2 is 2.32 bits per heavy atom. The summed E-state index contributed by atoms with van der Waals surface area (Å²) in [5, 5.41) is 12.1. The second kappa shape index (κ2) is 5.49. The van der Waals surface area contributed by atoms with Crippen molar-refractivity contribution in [2.24, 2.45) is 0 Å². The van der Waals surface area contributed by atoms with Crippen molar-refractivity contribution >= 4 is 22.4 Å². The molecule has 1 N–H and O–H groups in total. The van der Waals surface area contributed by atoms with Gasteiger partial charge in [-0.2, -0.15) is 0 Å². The molecule has 1 atom stereocenters. The van der Waals surface area contributed by atoms with E-state index in [1.54, 1.807) is 25.2 Å². The molecule has 1 aliphatic heterocycles. The Balaban J connectivity index is 2.23. The number of nitrogens with zero attached hydrogens (tertiary/aromatic N) is 2. The van der Waals surface area contributed by atoms with Gasteiger partial charge in [0.2, 0.25) is 0 Å². The van der Waals surface area contributed by atoms with Crippen LogP contribution in [-0.4, -0.2) is 28.6 Å². The summed E-state index contributed by atoms with van der Waals surface area (Å²) in [6.07, 6.45) is 4.83. The Kier molecular flexibility index (Phi) is 4.13. The Morgan fingerprint density at radius 3 is 2.95 bits per heavy atom. The Morgan fingerprint density at radius 1 is 1.58 bits per heavy atom. The second-order valence-electron chi connectivity index (χ2n) is 5.70. The average molecular weight is 282 g/mol. The number of rotatable bonds is 4. The van der Waals surface area contributed by atoms with Crippen molar-refractivity contribution in [3.8, 4) is 0 Å². The lowest BCUT2D eigenvalue weighted by atomic mass is 9.90. The molecule has 0 saturated carbocycles. The fourth-order valence-electron chi connectivity index (χ4n) is 2.47. The molecule has 2 heterocycles. The van der Waals surface area contributed by atoms with Gasteiger partial charge in [0.1, 0.15) is 5.41 Å². The van der Waals surface area contributed by atoms with Crippen LogP contribution in [0.2, 0.25) is 0 Å². The zero-order chi connectivity index (χ0) is 14.0. The highest BCUT2D eigenvalue weighted by molar-refractivity contribution is 7.13. The lowest BCUT2D eigenvalue weighted by molar-refractivity contribution is -0.142. The number of hydrogen-bond acceptors (Lipinski definition) is 4. The summed E-state index contributed by atoms with van der Waals surface area (Å²) in [4.78, 5) is 18.2. The highest BCUT2D eigenvalue weighted by Gasteiger charge is 2.33. The zero-order valence-electron chi connectivity index (χ0n) is 11.8. The lowest BCUT2D eigenvalue weighted by Crippen LogP contribution is -2.39. The molecule has 1 fully saturated rings.